The molecule has 104 valence electrons. The van der Waals surface area contributed by atoms with Gasteiger partial charge in [-0.15, -0.1) is 0 Å². The SMILES string of the molecule is O=C(OCCN1CCCC(O)C1)[C@@H]1CCCNC1. The van der Waals surface area contributed by atoms with Gasteiger partial charge in [0.1, 0.15) is 6.61 Å². The molecule has 5 nitrogen and oxygen atoms in total. The van der Waals surface area contributed by atoms with Crippen LogP contribution in [0.15, 0.2) is 0 Å². The average molecular weight is 256 g/mol. The molecule has 0 bridgehead atoms. The van der Waals surface area contributed by atoms with E-state index < -0.39 is 0 Å². The lowest BCUT2D eigenvalue weighted by Gasteiger charge is -2.30. The van der Waals surface area contributed by atoms with Crippen LogP contribution in [0.5, 0.6) is 0 Å². The number of nitrogens with zero attached hydrogens (tertiary/aromatic N) is 1. The summed E-state index contributed by atoms with van der Waals surface area (Å²) in [5.74, 6) is -0.0366. The molecule has 2 aliphatic rings. The molecule has 2 aliphatic heterocycles. The number of likely N-dealkylation sites (tertiary alicyclic amines) is 1. The molecule has 2 rings (SSSR count). The maximum Gasteiger partial charge on any atom is 0.310 e. The molecule has 2 fully saturated rings. The molecule has 0 saturated carbocycles. The number of carbonyl (C=O) groups is 1. The summed E-state index contributed by atoms with van der Waals surface area (Å²) in [6.45, 7) is 4.66. The second kappa shape index (κ2) is 7.07. The summed E-state index contributed by atoms with van der Waals surface area (Å²) < 4.78 is 5.32. The van der Waals surface area contributed by atoms with Gasteiger partial charge in [-0.1, -0.05) is 0 Å². The summed E-state index contributed by atoms with van der Waals surface area (Å²) in [6, 6.07) is 0. The van der Waals surface area contributed by atoms with E-state index in [1.165, 1.54) is 0 Å². The molecule has 1 unspecified atom stereocenters. The summed E-state index contributed by atoms with van der Waals surface area (Å²) in [7, 11) is 0. The normalized spacial score (nSPS) is 30.1. The van der Waals surface area contributed by atoms with Crippen molar-refractivity contribution in [2.75, 3.05) is 39.3 Å². The Labute approximate surface area is 108 Å². The van der Waals surface area contributed by atoms with E-state index in [1.54, 1.807) is 0 Å². The van der Waals surface area contributed by atoms with E-state index in [4.69, 9.17) is 4.74 Å². The van der Waals surface area contributed by atoms with Crippen LogP contribution in [-0.4, -0.2) is 61.4 Å². The first-order valence-corrected chi connectivity index (χ1v) is 7.03. The van der Waals surface area contributed by atoms with Crippen LogP contribution in [0.2, 0.25) is 0 Å². The van der Waals surface area contributed by atoms with Crippen LogP contribution in [0.1, 0.15) is 25.7 Å². The number of hydrogen-bond acceptors (Lipinski definition) is 5. The number of ether oxygens (including phenoxy) is 1. The molecule has 0 aromatic rings. The van der Waals surface area contributed by atoms with Crippen molar-refractivity contribution in [1.82, 2.24) is 10.2 Å². The number of hydrogen-bond donors (Lipinski definition) is 2. The fourth-order valence-corrected chi connectivity index (χ4v) is 2.68. The highest BCUT2D eigenvalue weighted by Gasteiger charge is 2.23. The number of nitrogens with one attached hydrogen (secondary N) is 1. The van der Waals surface area contributed by atoms with Crippen LogP contribution >= 0.6 is 0 Å². The van der Waals surface area contributed by atoms with Gasteiger partial charge < -0.3 is 15.2 Å². The summed E-state index contributed by atoms with van der Waals surface area (Å²) >= 11 is 0. The van der Waals surface area contributed by atoms with Gasteiger partial charge in [-0.3, -0.25) is 9.69 Å². The van der Waals surface area contributed by atoms with Crippen molar-refractivity contribution in [3.05, 3.63) is 0 Å². The molecule has 2 atom stereocenters. The van der Waals surface area contributed by atoms with Crippen LogP contribution in [0.3, 0.4) is 0 Å². The number of aliphatic hydroxyl groups is 1. The van der Waals surface area contributed by atoms with Crippen molar-refractivity contribution < 1.29 is 14.6 Å². The van der Waals surface area contributed by atoms with Crippen molar-refractivity contribution in [1.29, 1.82) is 0 Å². The van der Waals surface area contributed by atoms with E-state index in [0.29, 0.717) is 13.2 Å². The summed E-state index contributed by atoms with van der Waals surface area (Å²) in [6.07, 6.45) is 3.70. The Kier molecular flexibility index (Phi) is 5.41. The summed E-state index contributed by atoms with van der Waals surface area (Å²) in [5.41, 5.74) is 0. The first-order valence-electron chi connectivity index (χ1n) is 7.03. The van der Waals surface area contributed by atoms with Gasteiger partial charge >= 0.3 is 5.97 Å². The highest BCUT2D eigenvalue weighted by Crippen LogP contribution is 2.12. The fourth-order valence-electron chi connectivity index (χ4n) is 2.68. The third-order valence-electron chi connectivity index (χ3n) is 3.76. The number of piperidine rings is 2. The van der Waals surface area contributed by atoms with E-state index in [9.17, 15) is 9.90 Å². The van der Waals surface area contributed by atoms with E-state index in [0.717, 1.165) is 51.9 Å². The van der Waals surface area contributed by atoms with Crippen molar-refractivity contribution >= 4 is 5.97 Å². The average Bonchev–Trinajstić information content (AvgIpc) is 2.40. The van der Waals surface area contributed by atoms with Gasteiger partial charge in [0, 0.05) is 19.6 Å². The van der Waals surface area contributed by atoms with Crippen molar-refractivity contribution in [3.63, 3.8) is 0 Å². The van der Waals surface area contributed by atoms with Gasteiger partial charge in [0.15, 0.2) is 0 Å². The Morgan fingerprint density at radius 1 is 1.39 bits per heavy atom. The van der Waals surface area contributed by atoms with Gasteiger partial charge in [0.05, 0.1) is 12.0 Å². The lowest BCUT2D eigenvalue weighted by Crippen LogP contribution is -2.41. The Bertz CT molecular complexity index is 267. The quantitative estimate of drug-likeness (QED) is 0.693. The second-order valence-electron chi connectivity index (χ2n) is 5.31. The van der Waals surface area contributed by atoms with Gasteiger partial charge in [-0.25, -0.2) is 0 Å². The zero-order valence-electron chi connectivity index (χ0n) is 10.9. The molecule has 2 heterocycles. The Morgan fingerprint density at radius 2 is 2.28 bits per heavy atom. The Hall–Kier alpha value is -0.650. The number of carbonyl (C=O) groups excluding carboxylic acids is 1. The van der Waals surface area contributed by atoms with Gasteiger partial charge in [0.25, 0.3) is 0 Å². The number of esters is 1. The maximum absolute atomic E-state index is 11.8. The molecule has 0 radical (unpaired) electrons. The van der Waals surface area contributed by atoms with Crippen LogP contribution in [0.25, 0.3) is 0 Å². The molecule has 2 N–H and O–H groups in total. The third-order valence-corrected chi connectivity index (χ3v) is 3.76. The predicted molar refractivity (Wildman–Crippen MR) is 68.2 cm³/mol. The van der Waals surface area contributed by atoms with E-state index >= 15 is 0 Å². The fraction of sp³-hybridized carbons (Fsp3) is 0.923. The Balaban J connectivity index is 1.60. The van der Waals surface area contributed by atoms with Gasteiger partial charge in [-0.05, 0) is 38.8 Å². The molecule has 0 aromatic carbocycles. The Morgan fingerprint density at radius 3 is 3.00 bits per heavy atom. The zero-order valence-corrected chi connectivity index (χ0v) is 10.9. The largest absolute Gasteiger partial charge is 0.464 e. The van der Waals surface area contributed by atoms with Crippen LogP contribution in [0, 0.1) is 5.92 Å². The highest BCUT2D eigenvalue weighted by atomic mass is 16.5. The molecule has 5 heteroatoms. The number of aliphatic hydroxyl groups excluding tert-OH is 1. The number of rotatable bonds is 4. The predicted octanol–water partition coefficient (Wildman–Crippen LogP) is -0.0141. The van der Waals surface area contributed by atoms with Crippen molar-refractivity contribution in [3.8, 4) is 0 Å². The highest BCUT2D eigenvalue weighted by molar-refractivity contribution is 5.72. The monoisotopic (exact) mass is 256 g/mol. The molecule has 0 aliphatic carbocycles. The second-order valence-corrected chi connectivity index (χ2v) is 5.31. The molecule has 0 spiro atoms. The summed E-state index contributed by atoms with van der Waals surface area (Å²) in [5, 5.41) is 12.8. The van der Waals surface area contributed by atoms with Crippen LogP contribution < -0.4 is 5.32 Å². The minimum atomic E-state index is -0.211. The molecule has 18 heavy (non-hydrogen) atoms. The summed E-state index contributed by atoms with van der Waals surface area (Å²) in [4.78, 5) is 13.9. The minimum Gasteiger partial charge on any atom is -0.464 e. The lowest BCUT2D eigenvalue weighted by molar-refractivity contribution is -0.149. The van der Waals surface area contributed by atoms with E-state index in [-0.39, 0.29) is 18.0 Å². The first-order chi connectivity index (χ1) is 8.75. The van der Waals surface area contributed by atoms with Crippen molar-refractivity contribution in [2.24, 2.45) is 5.92 Å². The van der Waals surface area contributed by atoms with Gasteiger partial charge in [-0.2, -0.15) is 0 Å². The number of β-amino-alcohol motifs (C(OH)–C–C–N with tert-alkyl or cyclic N) is 1. The van der Waals surface area contributed by atoms with Crippen molar-refractivity contribution in [2.45, 2.75) is 31.8 Å². The van der Waals surface area contributed by atoms with Gasteiger partial charge in [0.2, 0.25) is 0 Å². The molecular weight excluding hydrogens is 232 g/mol. The standard InChI is InChI=1S/C13H24N2O3/c16-12-4-2-6-15(10-12)7-8-18-13(17)11-3-1-5-14-9-11/h11-12,14,16H,1-10H2/t11-,12?/m1/s1. The minimum absolute atomic E-state index is 0.0331. The lowest BCUT2D eigenvalue weighted by atomic mass is 10.0. The smallest absolute Gasteiger partial charge is 0.310 e. The topological polar surface area (TPSA) is 61.8 Å². The molecular formula is C13H24N2O3. The third kappa shape index (κ3) is 4.23. The first kappa shape index (κ1) is 13.8. The molecule has 0 amide bonds. The van der Waals surface area contributed by atoms with E-state index in [2.05, 4.69) is 10.2 Å². The van der Waals surface area contributed by atoms with Crippen LogP contribution in [0.4, 0.5) is 0 Å². The maximum atomic E-state index is 11.8. The van der Waals surface area contributed by atoms with Crippen LogP contribution in [-0.2, 0) is 9.53 Å². The van der Waals surface area contributed by atoms with E-state index in [1.807, 2.05) is 0 Å². The zero-order chi connectivity index (χ0) is 12.8. The molecule has 2 saturated heterocycles. The molecule has 0 aromatic heterocycles.